The van der Waals surface area contributed by atoms with Crippen molar-refractivity contribution in [3.63, 3.8) is 0 Å². The molecule has 0 aromatic carbocycles. The van der Waals surface area contributed by atoms with Gasteiger partial charge >= 0.3 is 6.18 Å². The molecule has 2 aromatic heterocycles. The van der Waals surface area contributed by atoms with Crippen LogP contribution in [0.15, 0.2) is 34.2 Å². The second-order valence-electron chi connectivity index (χ2n) is 5.85. The Morgan fingerprint density at radius 3 is 2.46 bits per heavy atom. The minimum Gasteiger partial charge on any atom is -0.379 e. The number of nitrogens with zero attached hydrogens (tertiary/aromatic N) is 1. The fourth-order valence-corrected chi connectivity index (χ4v) is 3.92. The average Bonchev–Trinajstić information content (AvgIpc) is 3.14. The molecule has 152 valence electrons. The highest BCUT2D eigenvalue weighted by molar-refractivity contribution is 7.89. The summed E-state index contributed by atoms with van der Waals surface area (Å²) in [6.07, 6.45) is -3.13. The summed E-state index contributed by atoms with van der Waals surface area (Å²) >= 11 is 0. The average molecular weight is 420 g/mol. The maximum atomic E-state index is 12.8. The number of sulfonamides is 1. The molecule has 1 fully saturated rings. The number of ether oxygens (including phenoxy) is 1. The number of aromatic nitrogens is 2. The van der Waals surface area contributed by atoms with Crippen molar-refractivity contribution in [1.29, 1.82) is 0 Å². The smallest absolute Gasteiger partial charge is 0.379 e. The van der Waals surface area contributed by atoms with Gasteiger partial charge in [0.2, 0.25) is 10.0 Å². The zero-order valence-corrected chi connectivity index (χ0v) is 15.0. The number of morpholine rings is 1. The molecule has 0 spiro atoms. The Morgan fingerprint density at radius 1 is 1.14 bits per heavy atom. The summed E-state index contributed by atoms with van der Waals surface area (Å²) in [5.41, 5.74) is -2.94. The number of hydrogen-bond acceptors (Lipinski definition) is 5. The molecule has 0 aliphatic carbocycles. The predicted molar refractivity (Wildman–Crippen MR) is 90.4 cm³/mol. The standard InChI is InChI=1S/C15H15F3N4O5S/c16-15(17,18)9-5-12(13(23)20-7-9)21-14(24)11-6-10(8-19-11)28(25,26)22-1-3-27-4-2-22/h5-8,19H,1-4H2,(H,20,23)(H,21,24). The number of pyridine rings is 1. The van der Waals surface area contributed by atoms with Gasteiger partial charge in [0.1, 0.15) is 16.3 Å². The Labute approximate surface area is 156 Å². The Balaban J connectivity index is 1.81. The lowest BCUT2D eigenvalue weighted by atomic mass is 10.2. The molecule has 1 amide bonds. The van der Waals surface area contributed by atoms with E-state index in [-0.39, 0.29) is 36.9 Å². The van der Waals surface area contributed by atoms with Crippen molar-refractivity contribution < 1.29 is 31.1 Å². The summed E-state index contributed by atoms with van der Waals surface area (Å²) in [5, 5.41) is 2.04. The highest BCUT2D eigenvalue weighted by Crippen LogP contribution is 2.29. The van der Waals surface area contributed by atoms with E-state index in [1.165, 1.54) is 4.31 Å². The van der Waals surface area contributed by atoms with Gasteiger partial charge in [-0.3, -0.25) is 9.59 Å². The first-order valence-electron chi connectivity index (χ1n) is 7.96. The van der Waals surface area contributed by atoms with Crippen molar-refractivity contribution in [3.8, 4) is 0 Å². The third-order valence-electron chi connectivity index (χ3n) is 3.99. The van der Waals surface area contributed by atoms with Crippen LogP contribution in [0.2, 0.25) is 0 Å². The number of alkyl halides is 3. The number of halogens is 3. The van der Waals surface area contributed by atoms with Crippen molar-refractivity contribution in [2.75, 3.05) is 31.6 Å². The van der Waals surface area contributed by atoms with E-state index >= 15 is 0 Å². The number of rotatable bonds is 4. The molecule has 3 N–H and O–H groups in total. The SMILES string of the molecule is O=C(Nc1cc(C(F)(F)F)c[nH]c1=O)c1cc(S(=O)(=O)N2CCOCC2)c[nH]1. The predicted octanol–water partition coefficient (Wildman–Crippen LogP) is 0.995. The fourth-order valence-electron chi connectivity index (χ4n) is 2.52. The van der Waals surface area contributed by atoms with Crippen molar-refractivity contribution in [1.82, 2.24) is 14.3 Å². The van der Waals surface area contributed by atoms with Crippen molar-refractivity contribution in [3.05, 3.63) is 46.1 Å². The molecule has 1 aliphatic rings. The molecule has 0 bridgehead atoms. The van der Waals surface area contributed by atoms with Crippen LogP contribution in [-0.4, -0.2) is 54.9 Å². The largest absolute Gasteiger partial charge is 0.417 e. The van der Waals surface area contributed by atoms with Crippen molar-refractivity contribution >= 4 is 21.6 Å². The number of amides is 1. The fraction of sp³-hybridized carbons (Fsp3) is 0.333. The maximum Gasteiger partial charge on any atom is 0.417 e. The second kappa shape index (κ2) is 7.41. The number of carbonyl (C=O) groups excluding carboxylic acids is 1. The lowest BCUT2D eigenvalue weighted by Crippen LogP contribution is -2.40. The molecule has 0 atom stereocenters. The van der Waals surface area contributed by atoms with Gasteiger partial charge in [0, 0.05) is 25.5 Å². The van der Waals surface area contributed by atoms with Gasteiger partial charge in [-0.05, 0) is 12.1 Å². The van der Waals surface area contributed by atoms with Gasteiger partial charge in [-0.2, -0.15) is 17.5 Å². The van der Waals surface area contributed by atoms with Gasteiger partial charge in [-0.15, -0.1) is 0 Å². The molecule has 13 heteroatoms. The maximum absolute atomic E-state index is 12.8. The number of nitrogens with one attached hydrogen (secondary N) is 3. The van der Waals surface area contributed by atoms with Crippen LogP contribution in [0.3, 0.4) is 0 Å². The summed E-state index contributed by atoms with van der Waals surface area (Å²) < 4.78 is 69.6. The molecule has 2 aromatic rings. The summed E-state index contributed by atoms with van der Waals surface area (Å²) in [6, 6.07) is 1.53. The van der Waals surface area contributed by atoms with E-state index in [1.54, 1.807) is 0 Å². The number of H-pyrrole nitrogens is 2. The normalized spacial score (nSPS) is 16.1. The first-order valence-corrected chi connectivity index (χ1v) is 9.40. The van der Waals surface area contributed by atoms with E-state index in [0.29, 0.717) is 12.3 Å². The second-order valence-corrected chi connectivity index (χ2v) is 7.79. The Morgan fingerprint density at radius 2 is 1.82 bits per heavy atom. The molecule has 9 nitrogen and oxygen atoms in total. The number of anilines is 1. The minimum absolute atomic E-state index is 0.161. The molecule has 3 heterocycles. The summed E-state index contributed by atoms with van der Waals surface area (Å²) in [4.78, 5) is 28.1. The molecule has 3 rings (SSSR count). The monoisotopic (exact) mass is 420 g/mol. The third-order valence-corrected chi connectivity index (χ3v) is 5.86. The van der Waals surface area contributed by atoms with Crippen LogP contribution in [0.5, 0.6) is 0 Å². The summed E-state index contributed by atoms with van der Waals surface area (Å²) in [5.74, 6) is -0.965. The highest BCUT2D eigenvalue weighted by atomic mass is 32.2. The molecule has 1 aliphatic heterocycles. The van der Waals surface area contributed by atoms with E-state index < -0.39 is 38.9 Å². The number of carbonyl (C=O) groups is 1. The number of aromatic amines is 2. The summed E-state index contributed by atoms with van der Waals surface area (Å²) in [6.45, 7) is 0.813. The van der Waals surface area contributed by atoms with E-state index in [4.69, 9.17) is 4.74 Å². The zero-order chi connectivity index (χ0) is 20.5. The lowest BCUT2D eigenvalue weighted by Gasteiger charge is -2.25. The van der Waals surface area contributed by atoms with Gasteiger partial charge in [0.25, 0.3) is 11.5 Å². The van der Waals surface area contributed by atoms with E-state index in [2.05, 4.69) is 4.98 Å². The highest BCUT2D eigenvalue weighted by Gasteiger charge is 2.32. The zero-order valence-electron chi connectivity index (χ0n) is 14.2. The minimum atomic E-state index is -4.71. The molecular formula is C15H15F3N4O5S. The van der Waals surface area contributed by atoms with Crippen LogP contribution in [0.4, 0.5) is 18.9 Å². The molecule has 1 saturated heterocycles. The molecule has 0 radical (unpaired) electrons. The van der Waals surface area contributed by atoms with Crippen LogP contribution < -0.4 is 10.9 Å². The number of hydrogen-bond donors (Lipinski definition) is 3. The van der Waals surface area contributed by atoms with Crippen LogP contribution >= 0.6 is 0 Å². The van der Waals surface area contributed by atoms with E-state index in [9.17, 15) is 31.2 Å². The van der Waals surface area contributed by atoms with Gasteiger partial charge < -0.3 is 20.0 Å². The van der Waals surface area contributed by atoms with Gasteiger partial charge in [-0.1, -0.05) is 0 Å². The van der Waals surface area contributed by atoms with Crippen LogP contribution in [0, 0.1) is 0 Å². The van der Waals surface area contributed by atoms with E-state index in [1.807, 2.05) is 10.3 Å². The van der Waals surface area contributed by atoms with Crippen LogP contribution in [0.1, 0.15) is 16.1 Å². The first-order chi connectivity index (χ1) is 13.1. The van der Waals surface area contributed by atoms with Gasteiger partial charge in [-0.25, -0.2) is 8.42 Å². The quantitative estimate of drug-likeness (QED) is 0.681. The summed E-state index contributed by atoms with van der Waals surface area (Å²) in [7, 11) is -3.86. The van der Waals surface area contributed by atoms with Gasteiger partial charge in [0.05, 0.1) is 18.8 Å². The van der Waals surface area contributed by atoms with Crippen LogP contribution in [0.25, 0.3) is 0 Å². The van der Waals surface area contributed by atoms with Gasteiger partial charge in [0.15, 0.2) is 0 Å². The topological polar surface area (TPSA) is 124 Å². The lowest BCUT2D eigenvalue weighted by molar-refractivity contribution is -0.137. The molecular weight excluding hydrogens is 405 g/mol. The van der Waals surface area contributed by atoms with E-state index in [0.717, 1.165) is 12.3 Å². The first kappa shape index (κ1) is 20.1. The third kappa shape index (κ3) is 4.10. The van der Waals surface area contributed by atoms with Crippen molar-refractivity contribution in [2.45, 2.75) is 11.1 Å². The molecule has 0 saturated carbocycles. The van der Waals surface area contributed by atoms with Crippen molar-refractivity contribution in [2.24, 2.45) is 0 Å². The van der Waals surface area contributed by atoms with Crippen LogP contribution in [-0.2, 0) is 20.9 Å². The Kier molecular flexibility index (Phi) is 5.32. The Hall–Kier alpha value is -2.64. The molecule has 0 unspecified atom stereocenters. The Bertz CT molecular complexity index is 1040. The molecule has 28 heavy (non-hydrogen) atoms.